The molecule has 0 unspecified atom stereocenters. The third-order valence-corrected chi connectivity index (χ3v) is 3.10. The fourth-order valence-corrected chi connectivity index (χ4v) is 1.96. The molecule has 7 N–H and O–H groups in total. The summed E-state index contributed by atoms with van der Waals surface area (Å²) < 4.78 is 0. The average Bonchev–Trinajstić information content (AvgIpc) is 2.59. The van der Waals surface area contributed by atoms with Crippen LogP contribution >= 0.6 is 0 Å². The van der Waals surface area contributed by atoms with E-state index in [1.54, 1.807) is 12.1 Å². The van der Waals surface area contributed by atoms with Crippen molar-refractivity contribution in [2.75, 3.05) is 10.7 Å². The SMILES string of the molecule is NNNNc1ccc(C(=O)Nc2cc(C(=O)[O-])cc(C(=O)O)c2)cc1. The Hall–Kier alpha value is -3.47. The van der Waals surface area contributed by atoms with Crippen molar-refractivity contribution in [3.8, 4) is 0 Å². The molecule has 0 aromatic heterocycles. The van der Waals surface area contributed by atoms with E-state index in [1.807, 2.05) is 0 Å². The lowest BCUT2D eigenvalue weighted by Gasteiger charge is -2.11. The number of nitrogens with one attached hydrogen (secondary N) is 4. The molecule has 2 rings (SSSR count). The number of carboxylic acid groups (broad SMARTS) is 2. The molecule has 0 bridgehead atoms. The summed E-state index contributed by atoms with van der Waals surface area (Å²) in [5, 5.41) is 22.4. The lowest BCUT2D eigenvalue weighted by Crippen LogP contribution is -2.41. The highest BCUT2D eigenvalue weighted by molar-refractivity contribution is 6.05. The monoisotopic (exact) mass is 344 g/mol. The highest BCUT2D eigenvalue weighted by Gasteiger charge is 2.11. The van der Waals surface area contributed by atoms with Gasteiger partial charge in [0.1, 0.15) is 0 Å². The average molecular weight is 344 g/mol. The smallest absolute Gasteiger partial charge is 0.335 e. The van der Waals surface area contributed by atoms with Gasteiger partial charge in [-0.3, -0.25) is 10.6 Å². The Labute approximate surface area is 141 Å². The van der Waals surface area contributed by atoms with E-state index >= 15 is 0 Å². The standard InChI is InChI=1S/C15H15N5O5/c16-19-20-18-11-3-1-8(2-4-11)13(21)17-12-6-9(14(22)23)5-10(7-12)15(24)25/h1-7,18-20H,16H2,(H,17,21)(H,22,23)(H,24,25)/p-1. The first-order chi connectivity index (χ1) is 11.9. The van der Waals surface area contributed by atoms with Gasteiger partial charge < -0.3 is 25.8 Å². The minimum atomic E-state index is -1.55. The summed E-state index contributed by atoms with van der Waals surface area (Å²) in [4.78, 5) is 34.2. The number of carbonyl (C=O) groups is 3. The molecule has 0 spiro atoms. The molecule has 0 saturated heterocycles. The van der Waals surface area contributed by atoms with E-state index in [-0.39, 0.29) is 22.4 Å². The molecular weight excluding hydrogens is 330 g/mol. The summed E-state index contributed by atoms with van der Waals surface area (Å²) in [6.07, 6.45) is 0. The van der Waals surface area contributed by atoms with Gasteiger partial charge in [0, 0.05) is 16.8 Å². The number of aromatic carboxylic acids is 2. The first-order valence-electron chi connectivity index (χ1n) is 6.88. The predicted molar refractivity (Wildman–Crippen MR) is 86.2 cm³/mol. The zero-order valence-corrected chi connectivity index (χ0v) is 12.7. The molecule has 10 nitrogen and oxygen atoms in total. The third kappa shape index (κ3) is 4.75. The number of hydrogen-bond donors (Lipinski definition) is 6. The molecule has 0 saturated carbocycles. The summed E-state index contributed by atoms with van der Waals surface area (Å²) in [6.45, 7) is 0. The molecule has 0 heterocycles. The number of anilines is 2. The van der Waals surface area contributed by atoms with Gasteiger partial charge in [0.05, 0.1) is 17.2 Å². The normalized spacial score (nSPS) is 10.1. The van der Waals surface area contributed by atoms with Crippen LogP contribution in [0.2, 0.25) is 0 Å². The maximum Gasteiger partial charge on any atom is 0.335 e. The lowest BCUT2D eigenvalue weighted by molar-refractivity contribution is -0.255. The highest BCUT2D eigenvalue weighted by Crippen LogP contribution is 2.17. The largest absolute Gasteiger partial charge is 0.545 e. The first-order valence-corrected chi connectivity index (χ1v) is 6.88. The van der Waals surface area contributed by atoms with Gasteiger partial charge in [-0.15, -0.1) is 0 Å². The van der Waals surface area contributed by atoms with Gasteiger partial charge in [-0.25, -0.2) is 4.79 Å². The summed E-state index contributed by atoms with van der Waals surface area (Å²) in [5.41, 5.74) is 7.62. The van der Waals surface area contributed by atoms with E-state index < -0.39 is 17.8 Å². The zero-order valence-electron chi connectivity index (χ0n) is 12.7. The van der Waals surface area contributed by atoms with Crippen LogP contribution < -0.4 is 32.8 Å². The minimum Gasteiger partial charge on any atom is -0.545 e. The maximum atomic E-state index is 12.2. The van der Waals surface area contributed by atoms with Gasteiger partial charge in [-0.05, 0) is 42.5 Å². The fraction of sp³-hybridized carbons (Fsp3) is 0. The lowest BCUT2D eigenvalue weighted by atomic mass is 10.1. The van der Waals surface area contributed by atoms with E-state index in [0.717, 1.165) is 18.2 Å². The van der Waals surface area contributed by atoms with Crippen molar-refractivity contribution in [2.45, 2.75) is 0 Å². The highest BCUT2D eigenvalue weighted by atomic mass is 16.4. The van der Waals surface area contributed by atoms with Gasteiger partial charge in [0.15, 0.2) is 0 Å². The molecule has 10 heteroatoms. The number of benzene rings is 2. The summed E-state index contributed by atoms with van der Waals surface area (Å²) in [7, 11) is 0. The van der Waals surface area contributed by atoms with Crippen molar-refractivity contribution in [1.82, 2.24) is 11.1 Å². The summed E-state index contributed by atoms with van der Waals surface area (Å²) in [6, 6.07) is 9.43. The number of rotatable bonds is 7. The molecular formula is C15H14N5O5-. The van der Waals surface area contributed by atoms with Crippen LogP contribution in [0.25, 0.3) is 0 Å². The van der Waals surface area contributed by atoms with Crippen LogP contribution in [-0.4, -0.2) is 23.0 Å². The van der Waals surface area contributed by atoms with Gasteiger partial charge in [0.25, 0.3) is 5.91 Å². The number of carbonyl (C=O) groups excluding carboxylic acids is 2. The Kier molecular flexibility index (Phi) is 5.63. The molecule has 0 aliphatic carbocycles. The second kappa shape index (κ2) is 7.88. The van der Waals surface area contributed by atoms with E-state index in [0.29, 0.717) is 5.69 Å². The van der Waals surface area contributed by atoms with Gasteiger partial charge in [0.2, 0.25) is 0 Å². The van der Waals surface area contributed by atoms with Crippen molar-refractivity contribution < 1.29 is 24.6 Å². The third-order valence-electron chi connectivity index (χ3n) is 3.10. The molecule has 2 aromatic rings. The van der Waals surface area contributed by atoms with Crippen molar-refractivity contribution >= 4 is 29.2 Å². The number of hydrazine groups is 3. The quantitative estimate of drug-likeness (QED) is 0.281. The Morgan fingerprint density at radius 2 is 1.56 bits per heavy atom. The number of amides is 1. The van der Waals surface area contributed by atoms with Crippen molar-refractivity contribution in [1.29, 1.82) is 0 Å². The molecule has 0 fully saturated rings. The van der Waals surface area contributed by atoms with Crippen LogP contribution in [0.3, 0.4) is 0 Å². The van der Waals surface area contributed by atoms with Gasteiger partial charge in [-0.1, -0.05) is 0 Å². The fourth-order valence-electron chi connectivity index (χ4n) is 1.96. The van der Waals surface area contributed by atoms with Crippen LogP contribution in [0.4, 0.5) is 11.4 Å². The Morgan fingerprint density at radius 1 is 0.920 bits per heavy atom. The number of carboxylic acids is 2. The molecule has 0 atom stereocenters. The van der Waals surface area contributed by atoms with Crippen LogP contribution in [0.1, 0.15) is 31.1 Å². The molecule has 130 valence electrons. The second-order valence-electron chi connectivity index (χ2n) is 4.82. The molecule has 1 amide bonds. The van der Waals surface area contributed by atoms with Crippen LogP contribution in [-0.2, 0) is 0 Å². The molecule has 25 heavy (non-hydrogen) atoms. The predicted octanol–water partition coefficient (Wildman–Crippen LogP) is -0.705. The second-order valence-corrected chi connectivity index (χ2v) is 4.82. The maximum absolute atomic E-state index is 12.2. The Bertz CT molecular complexity index is 774. The van der Waals surface area contributed by atoms with Crippen LogP contribution in [0.15, 0.2) is 42.5 Å². The molecule has 2 aromatic carbocycles. The summed E-state index contributed by atoms with van der Waals surface area (Å²) in [5.74, 6) is 1.62. The van der Waals surface area contributed by atoms with E-state index in [4.69, 9.17) is 10.9 Å². The van der Waals surface area contributed by atoms with Crippen LogP contribution in [0, 0.1) is 0 Å². The molecule has 0 aliphatic rings. The van der Waals surface area contributed by atoms with E-state index in [9.17, 15) is 19.5 Å². The summed E-state index contributed by atoms with van der Waals surface area (Å²) >= 11 is 0. The minimum absolute atomic E-state index is 0.0281. The van der Waals surface area contributed by atoms with Crippen molar-refractivity contribution in [2.24, 2.45) is 5.84 Å². The van der Waals surface area contributed by atoms with Crippen molar-refractivity contribution in [3.05, 3.63) is 59.2 Å². The van der Waals surface area contributed by atoms with Crippen molar-refractivity contribution in [3.63, 3.8) is 0 Å². The van der Waals surface area contributed by atoms with E-state index in [1.165, 1.54) is 12.1 Å². The Morgan fingerprint density at radius 3 is 2.12 bits per heavy atom. The van der Waals surface area contributed by atoms with Gasteiger partial charge >= 0.3 is 5.97 Å². The van der Waals surface area contributed by atoms with Crippen LogP contribution in [0.5, 0.6) is 0 Å². The molecule has 0 aliphatic heterocycles. The molecule has 0 radical (unpaired) electrons. The number of nitrogens with two attached hydrogens (primary N) is 1. The number of hydrogen-bond acceptors (Lipinski definition) is 8. The Balaban J connectivity index is 2.19. The topological polar surface area (TPSA) is 169 Å². The zero-order chi connectivity index (χ0) is 18.4. The first kappa shape index (κ1) is 17.9. The van der Waals surface area contributed by atoms with Gasteiger partial charge in [-0.2, -0.15) is 11.1 Å². The van der Waals surface area contributed by atoms with E-state index in [2.05, 4.69) is 21.8 Å².